The minimum absolute atomic E-state index is 0.190. The van der Waals surface area contributed by atoms with Crippen LogP contribution in [0.25, 0.3) is 0 Å². The molecule has 0 aliphatic carbocycles. The molecular formula is C14H23NO5S. The molecule has 7 heteroatoms. The first-order valence-corrected chi connectivity index (χ1v) is 8.64. The van der Waals surface area contributed by atoms with Gasteiger partial charge < -0.3 is 19.5 Å². The predicted molar refractivity (Wildman–Crippen MR) is 82.1 cm³/mol. The Hall–Kier alpha value is -1.47. The van der Waals surface area contributed by atoms with E-state index >= 15 is 0 Å². The maximum atomic E-state index is 11.0. The van der Waals surface area contributed by atoms with E-state index in [4.69, 9.17) is 14.2 Å². The average molecular weight is 317 g/mol. The smallest absolute Gasteiger partial charge is 0.203 e. The van der Waals surface area contributed by atoms with E-state index in [0.717, 1.165) is 5.56 Å². The molecule has 0 fully saturated rings. The molecule has 120 valence electrons. The molecule has 0 aliphatic rings. The molecule has 1 aromatic carbocycles. The largest absolute Gasteiger partial charge is 0.493 e. The number of hydrogen-bond donors (Lipinski definition) is 1. The quantitative estimate of drug-likeness (QED) is 0.691. The lowest BCUT2D eigenvalue weighted by Crippen LogP contribution is -2.18. The summed E-state index contributed by atoms with van der Waals surface area (Å²) in [5, 5.41) is 3.20. The zero-order chi connectivity index (χ0) is 15.9. The maximum absolute atomic E-state index is 11.0. The van der Waals surface area contributed by atoms with Gasteiger partial charge in [0.2, 0.25) is 5.75 Å². The van der Waals surface area contributed by atoms with Gasteiger partial charge in [0.1, 0.15) is 9.84 Å². The summed E-state index contributed by atoms with van der Waals surface area (Å²) < 4.78 is 37.9. The fraction of sp³-hybridized carbons (Fsp3) is 0.571. The van der Waals surface area contributed by atoms with Gasteiger partial charge in [-0.15, -0.1) is 0 Å². The Morgan fingerprint density at radius 3 is 2.05 bits per heavy atom. The summed E-state index contributed by atoms with van der Waals surface area (Å²) in [6, 6.07) is 3.73. The van der Waals surface area contributed by atoms with Crippen LogP contribution in [0.15, 0.2) is 12.1 Å². The molecule has 0 saturated heterocycles. The first-order valence-electron chi connectivity index (χ1n) is 6.58. The van der Waals surface area contributed by atoms with E-state index in [2.05, 4.69) is 5.32 Å². The second-order valence-electron chi connectivity index (χ2n) is 4.69. The van der Waals surface area contributed by atoms with Gasteiger partial charge in [-0.2, -0.15) is 0 Å². The van der Waals surface area contributed by atoms with Gasteiger partial charge >= 0.3 is 0 Å². The Morgan fingerprint density at radius 1 is 1.05 bits per heavy atom. The van der Waals surface area contributed by atoms with Crippen LogP contribution in [0, 0.1) is 0 Å². The highest BCUT2D eigenvalue weighted by atomic mass is 32.2. The standard InChI is InChI=1S/C14H23NO5S/c1-18-12-8-11(9-13(19-2)14(12)20-3)10-15-6-5-7-21(4,16)17/h8-9,15H,5-7,10H2,1-4H3. The number of sulfone groups is 1. The van der Waals surface area contributed by atoms with Crippen LogP contribution in [-0.4, -0.2) is 48.3 Å². The molecule has 0 amide bonds. The average Bonchev–Trinajstić information content (AvgIpc) is 2.44. The Morgan fingerprint density at radius 2 is 1.62 bits per heavy atom. The van der Waals surface area contributed by atoms with Gasteiger partial charge in [-0.25, -0.2) is 8.42 Å². The Kier molecular flexibility index (Phi) is 6.77. The number of rotatable bonds is 9. The summed E-state index contributed by atoms with van der Waals surface area (Å²) in [4.78, 5) is 0. The van der Waals surface area contributed by atoms with Crippen LogP contribution in [0.5, 0.6) is 17.2 Å². The third kappa shape index (κ3) is 5.81. The topological polar surface area (TPSA) is 73.9 Å². The Balaban J connectivity index is 2.63. The SMILES string of the molecule is COc1cc(CNCCCS(C)(=O)=O)cc(OC)c1OC. The highest BCUT2D eigenvalue weighted by molar-refractivity contribution is 7.90. The third-order valence-corrected chi connectivity index (χ3v) is 3.95. The van der Waals surface area contributed by atoms with Gasteiger partial charge in [0.25, 0.3) is 0 Å². The maximum Gasteiger partial charge on any atom is 0.203 e. The van der Waals surface area contributed by atoms with E-state index in [9.17, 15) is 8.42 Å². The molecule has 0 bridgehead atoms. The third-order valence-electron chi connectivity index (χ3n) is 2.92. The molecule has 6 nitrogen and oxygen atoms in total. The molecule has 1 aromatic rings. The monoisotopic (exact) mass is 317 g/mol. The number of nitrogens with one attached hydrogen (secondary N) is 1. The van der Waals surface area contributed by atoms with Crippen molar-refractivity contribution >= 4 is 9.84 Å². The summed E-state index contributed by atoms with van der Waals surface area (Å²) in [7, 11) is 1.80. The molecule has 0 unspecified atom stereocenters. The summed E-state index contributed by atoms with van der Waals surface area (Å²) in [5.41, 5.74) is 0.976. The van der Waals surface area contributed by atoms with E-state index in [1.807, 2.05) is 12.1 Å². The molecular weight excluding hydrogens is 294 g/mol. The first kappa shape index (κ1) is 17.6. The molecule has 0 atom stereocenters. The molecule has 0 aromatic heterocycles. The van der Waals surface area contributed by atoms with E-state index in [-0.39, 0.29) is 5.75 Å². The van der Waals surface area contributed by atoms with Crippen molar-refractivity contribution in [3.05, 3.63) is 17.7 Å². The van der Waals surface area contributed by atoms with Crippen LogP contribution in [-0.2, 0) is 16.4 Å². The summed E-state index contributed by atoms with van der Waals surface area (Å²) in [6.07, 6.45) is 1.83. The van der Waals surface area contributed by atoms with Gasteiger partial charge in [0.15, 0.2) is 11.5 Å². The van der Waals surface area contributed by atoms with Crippen LogP contribution in [0.2, 0.25) is 0 Å². The minimum atomic E-state index is -2.90. The van der Waals surface area contributed by atoms with Crippen molar-refractivity contribution in [2.45, 2.75) is 13.0 Å². The normalized spacial score (nSPS) is 11.2. The van der Waals surface area contributed by atoms with Crippen molar-refractivity contribution in [1.82, 2.24) is 5.32 Å². The molecule has 1 N–H and O–H groups in total. The summed E-state index contributed by atoms with van der Waals surface area (Å²) in [5.74, 6) is 1.95. The van der Waals surface area contributed by atoms with Gasteiger partial charge in [-0.3, -0.25) is 0 Å². The van der Waals surface area contributed by atoms with Crippen molar-refractivity contribution in [3.8, 4) is 17.2 Å². The minimum Gasteiger partial charge on any atom is -0.493 e. The number of methoxy groups -OCH3 is 3. The van der Waals surface area contributed by atoms with Gasteiger partial charge in [0.05, 0.1) is 27.1 Å². The first-order chi connectivity index (χ1) is 9.91. The lowest BCUT2D eigenvalue weighted by molar-refractivity contribution is 0.323. The van der Waals surface area contributed by atoms with Crippen LogP contribution < -0.4 is 19.5 Å². The van der Waals surface area contributed by atoms with Crippen molar-refractivity contribution < 1.29 is 22.6 Å². The number of benzene rings is 1. The number of ether oxygens (including phenoxy) is 3. The second-order valence-corrected chi connectivity index (χ2v) is 6.95. The summed E-state index contributed by atoms with van der Waals surface area (Å²) in [6.45, 7) is 1.23. The van der Waals surface area contributed by atoms with Crippen molar-refractivity contribution in [2.24, 2.45) is 0 Å². The van der Waals surface area contributed by atoms with Crippen LogP contribution >= 0.6 is 0 Å². The fourth-order valence-corrected chi connectivity index (χ4v) is 2.60. The zero-order valence-electron chi connectivity index (χ0n) is 12.9. The highest BCUT2D eigenvalue weighted by Crippen LogP contribution is 2.38. The molecule has 0 saturated carbocycles. The summed E-state index contributed by atoms with van der Waals surface area (Å²) >= 11 is 0. The molecule has 1 rings (SSSR count). The fourth-order valence-electron chi connectivity index (χ4n) is 1.93. The van der Waals surface area contributed by atoms with Crippen molar-refractivity contribution in [2.75, 3.05) is 39.9 Å². The molecule has 0 spiro atoms. The predicted octanol–water partition coefficient (Wildman–Crippen LogP) is 1.24. The van der Waals surface area contributed by atoms with E-state index in [1.165, 1.54) is 6.26 Å². The van der Waals surface area contributed by atoms with E-state index in [0.29, 0.717) is 36.8 Å². The van der Waals surface area contributed by atoms with E-state index in [1.54, 1.807) is 21.3 Å². The Labute approximate surface area is 126 Å². The lowest BCUT2D eigenvalue weighted by Gasteiger charge is -2.14. The molecule has 0 heterocycles. The second kappa shape index (κ2) is 8.09. The van der Waals surface area contributed by atoms with Crippen LogP contribution in [0.4, 0.5) is 0 Å². The highest BCUT2D eigenvalue weighted by Gasteiger charge is 2.12. The van der Waals surface area contributed by atoms with Crippen molar-refractivity contribution in [1.29, 1.82) is 0 Å². The zero-order valence-corrected chi connectivity index (χ0v) is 13.7. The number of hydrogen-bond acceptors (Lipinski definition) is 6. The molecule has 0 radical (unpaired) electrons. The van der Waals surface area contributed by atoms with Gasteiger partial charge in [0, 0.05) is 12.8 Å². The van der Waals surface area contributed by atoms with Crippen molar-refractivity contribution in [3.63, 3.8) is 0 Å². The lowest BCUT2D eigenvalue weighted by atomic mass is 10.1. The Bertz CT molecular complexity index is 531. The van der Waals surface area contributed by atoms with Crippen LogP contribution in [0.1, 0.15) is 12.0 Å². The van der Waals surface area contributed by atoms with Gasteiger partial charge in [-0.05, 0) is 30.7 Å². The molecule has 21 heavy (non-hydrogen) atoms. The van der Waals surface area contributed by atoms with Crippen LogP contribution in [0.3, 0.4) is 0 Å². The van der Waals surface area contributed by atoms with E-state index < -0.39 is 9.84 Å². The van der Waals surface area contributed by atoms with Gasteiger partial charge in [-0.1, -0.05) is 0 Å². The molecule has 0 aliphatic heterocycles.